The fraction of sp³-hybridized carbons (Fsp3) is 0.364. The number of benzene rings is 1. The predicted octanol–water partition coefficient (Wildman–Crippen LogP) is 1.11. The molecule has 0 saturated heterocycles. The van der Waals surface area contributed by atoms with Crippen molar-refractivity contribution < 1.29 is 9.90 Å². The van der Waals surface area contributed by atoms with Gasteiger partial charge in [-0.25, -0.2) is 0 Å². The summed E-state index contributed by atoms with van der Waals surface area (Å²) in [5.41, 5.74) is 6.38. The summed E-state index contributed by atoms with van der Waals surface area (Å²) in [5.74, 6) is 0.392. The molecule has 0 aliphatic heterocycles. The van der Waals surface area contributed by atoms with Gasteiger partial charge in [0.25, 0.3) is 5.91 Å². The van der Waals surface area contributed by atoms with E-state index >= 15 is 0 Å². The molecule has 0 bridgehead atoms. The summed E-state index contributed by atoms with van der Waals surface area (Å²) in [4.78, 5) is 11.7. The topological polar surface area (TPSA) is 75.3 Å². The molecule has 2 atom stereocenters. The van der Waals surface area contributed by atoms with Gasteiger partial charge >= 0.3 is 0 Å². The van der Waals surface area contributed by atoms with Crippen molar-refractivity contribution in [3.63, 3.8) is 0 Å². The highest BCUT2D eigenvalue weighted by Crippen LogP contribution is 2.29. The van der Waals surface area contributed by atoms with Crippen LogP contribution in [0.15, 0.2) is 18.2 Å². The van der Waals surface area contributed by atoms with E-state index in [-0.39, 0.29) is 17.7 Å². The van der Waals surface area contributed by atoms with E-state index in [4.69, 9.17) is 5.73 Å². The lowest BCUT2D eigenvalue weighted by molar-refractivity contribution is 0.0950. The average Bonchev–Trinajstić information content (AvgIpc) is 2.86. The summed E-state index contributed by atoms with van der Waals surface area (Å²) in [5, 5.41) is 12.1. The van der Waals surface area contributed by atoms with Gasteiger partial charge < -0.3 is 16.2 Å². The van der Waals surface area contributed by atoms with Crippen LogP contribution in [0.1, 0.15) is 23.7 Å². The van der Waals surface area contributed by atoms with Gasteiger partial charge in [0.05, 0.1) is 5.56 Å². The molecule has 0 spiro atoms. The highest BCUT2D eigenvalue weighted by atomic mass is 16.3. The van der Waals surface area contributed by atoms with Gasteiger partial charge in [0.1, 0.15) is 5.75 Å². The van der Waals surface area contributed by atoms with Gasteiger partial charge in [0.2, 0.25) is 0 Å². The first-order valence-electron chi connectivity index (χ1n) is 4.97. The minimum absolute atomic E-state index is 0.0539. The van der Waals surface area contributed by atoms with Gasteiger partial charge in [-0.3, -0.25) is 4.79 Å². The molecule has 1 aromatic rings. The number of amides is 1. The number of nitrogen functional groups attached to an aromatic ring is 1. The Morgan fingerprint density at radius 2 is 2.27 bits per heavy atom. The van der Waals surface area contributed by atoms with Crippen molar-refractivity contribution in [1.29, 1.82) is 0 Å². The molecule has 2 unspecified atom stereocenters. The monoisotopic (exact) mass is 206 g/mol. The van der Waals surface area contributed by atoms with Crippen molar-refractivity contribution in [3.05, 3.63) is 23.8 Å². The molecule has 0 radical (unpaired) electrons. The lowest BCUT2D eigenvalue weighted by Gasteiger charge is -2.06. The van der Waals surface area contributed by atoms with Crippen LogP contribution in [-0.4, -0.2) is 17.1 Å². The highest BCUT2D eigenvalue weighted by molar-refractivity contribution is 5.99. The molecule has 80 valence electrons. The standard InChI is InChI=1S/C11H14N2O2/c1-6-4-10(6)13-11(15)8-5-7(14)2-3-9(8)12/h2-3,5-6,10,14H,4,12H2,1H3,(H,13,15). The third-order valence-corrected chi connectivity index (χ3v) is 2.71. The number of hydrogen-bond donors (Lipinski definition) is 3. The first-order chi connectivity index (χ1) is 7.08. The van der Waals surface area contributed by atoms with E-state index in [0.29, 0.717) is 17.2 Å². The lowest BCUT2D eigenvalue weighted by atomic mass is 10.1. The van der Waals surface area contributed by atoms with E-state index in [1.54, 1.807) is 0 Å². The number of aromatic hydroxyl groups is 1. The van der Waals surface area contributed by atoms with Gasteiger partial charge in [-0.05, 0) is 30.5 Å². The number of phenolic OH excluding ortho intramolecular Hbond substituents is 1. The maximum absolute atomic E-state index is 11.7. The highest BCUT2D eigenvalue weighted by Gasteiger charge is 2.34. The van der Waals surface area contributed by atoms with E-state index in [9.17, 15) is 9.90 Å². The Balaban J connectivity index is 2.14. The Hall–Kier alpha value is -1.71. The molecule has 1 aliphatic carbocycles. The van der Waals surface area contributed by atoms with Crippen LogP contribution in [0.2, 0.25) is 0 Å². The fourth-order valence-corrected chi connectivity index (χ4v) is 1.51. The summed E-state index contributed by atoms with van der Waals surface area (Å²) in [6.45, 7) is 2.08. The molecule has 1 aromatic carbocycles. The molecule has 4 N–H and O–H groups in total. The normalized spacial score (nSPS) is 23.5. The minimum atomic E-state index is -0.210. The smallest absolute Gasteiger partial charge is 0.253 e. The Labute approximate surface area is 88.1 Å². The molecule has 1 saturated carbocycles. The van der Waals surface area contributed by atoms with Crippen LogP contribution in [0.3, 0.4) is 0 Å². The molecule has 4 nitrogen and oxygen atoms in total. The Bertz CT molecular complexity index is 404. The Kier molecular flexibility index (Phi) is 2.26. The van der Waals surface area contributed by atoms with Crippen molar-refractivity contribution in [2.24, 2.45) is 5.92 Å². The van der Waals surface area contributed by atoms with Crippen LogP contribution in [0.4, 0.5) is 5.69 Å². The second-order valence-corrected chi connectivity index (χ2v) is 4.06. The summed E-state index contributed by atoms with van der Waals surface area (Å²) >= 11 is 0. The molecule has 0 aromatic heterocycles. The third-order valence-electron chi connectivity index (χ3n) is 2.71. The van der Waals surface area contributed by atoms with E-state index in [1.165, 1.54) is 18.2 Å². The average molecular weight is 206 g/mol. The number of carbonyl (C=O) groups is 1. The van der Waals surface area contributed by atoms with Crippen molar-refractivity contribution in [2.75, 3.05) is 5.73 Å². The van der Waals surface area contributed by atoms with Gasteiger partial charge in [0.15, 0.2) is 0 Å². The van der Waals surface area contributed by atoms with E-state index < -0.39 is 0 Å². The van der Waals surface area contributed by atoms with Crippen molar-refractivity contribution >= 4 is 11.6 Å². The summed E-state index contributed by atoms with van der Waals surface area (Å²) in [7, 11) is 0. The van der Waals surface area contributed by atoms with Crippen LogP contribution in [0, 0.1) is 5.92 Å². The zero-order valence-corrected chi connectivity index (χ0v) is 8.53. The molecule has 15 heavy (non-hydrogen) atoms. The lowest BCUT2D eigenvalue weighted by Crippen LogP contribution is -2.27. The number of nitrogens with one attached hydrogen (secondary N) is 1. The molecule has 1 aliphatic rings. The fourth-order valence-electron chi connectivity index (χ4n) is 1.51. The molecule has 1 amide bonds. The van der Waals surface area contributed by atoms with Gasteiger partial charge in [-0.15, -0.1) is 0 Å². The Morgan fingerprint density at radius 3 is 2.87 bits per heavy atom. The van der Waals surface area contributed by atoms with Crippen molar-refractivity contribution in [1.82, 2.24) is 5.32 Å². The zero-order valence-electron chi connectivity index (χ0n) is 8.53. The Morgan fingerprint density at radius 1 is 1.60 bits per heavy atom. The molecular formula is C11H14N2O2. The van der Waals surface area contributed by atoms with E-state index in [2.05, 4.69) is 12.2 Å². The van der Waals surface area contributed by atoms with Crippen LogP contribution in [0.25, 0.3) is 0 Å². The zero-order chi connectivity index (χ0) is 11.0. The van der Waals surface area contributed by atoms with Gasteiger partial charge in [-0.1, -0.05) is 6.92 Å². The van der Waals surface area contributed by atoms with Crippen molar-refractivity contribution in [3.8, 4) is 5.75 Å². The van der Waals surface area contributed by atoms with Crippen LogP contribution in [-0.2, 0) is 0 Å². The number of carbonyl (C=O) groups excluding carboxylic acids is 1. The molecule has 4 heteroatoms. The van der Waals surface area contributed by atoms with Gasteiger partial charge in [-0.2, -0.15) is 0 Å². The second kappa shape index (κ2) is 3.46. The number of hydrogen-bond acceptors (Lipinski definition) is 3. The first kappa shape index (κ1) is 9.83. The number of rotatable bonds is 2. The summed E-state index contributed by atoms with van der Waals surface area (Å²) in [6, 6.07) is 4.64. The number of anilines is 1. The van der Waals surface area contributed by atoms with Crippen molar-refractivity contribution in [2.45, 2.75) is 19.4 Å². The first-order valence-corrected chi connectivity index (χ1v) is 4.97. The van der Waals surface area contributed by atoms with Crippen LogP contribution >= 0.6 is 0 Å². The van der Waals surface area contributed by atoms with E-state index in [1.807, 2.05) is 0 Å². The minimum Gasteiger partial charge on any atom is -0.508 e. The third kappa shape index (κ3) is 2.03. The maximum Gasteiger partial charge on any atom is 0.253 e. The molecule has 0 heterocycles. The van der Waals surface area contributed by atoms with Crippen LogP contribution in [0.5, 0.6) is 5.75 Å². The SMILES string of the molecule is CC1CC1NC(=O)c1cc(O)ccc1N. The summed E-state index contributed by atoms with van der Waals surface area (Å²) < 4.78 is 0. The largest absolute Gasteiger partial charge is 0.508 e. The maximum atomic E-state index is 11.7. The molecule has 1 fully saturated rings. The number of phenols is 1. The van der Waals surface area contributed by atoms with Crippen LogP contribution < -0.4 is 11.1 Å². The second-order valence-electron chi connectivity index (χ2n) is 4.06. The molecule has 2 rings (SSSR count). The van der Waals surface area contributed by atoms with E-state index in [0.717, 1.165) is 6.42 Å². The molecular weight excluding hydrogens is 192 g/mol. The van der Waals surface area contributed by atoms with Gasteiger partial charge in [0, 0.05) is 11.7 Å². The quantitative estimate of drug-likeness (QED) is 0.501. The summed E-state index contributed by atoms with van der Waals surface area (Å²) in [6.07, 6.45) is 1.02. The number of nitrogens with two attached hydrogens (primary N) is 1. The predicted molar refractivity (Wildman–Crippen MR) is 57.6 cm³/mol.